The van der Waals surface area contributed by atoms with E-state index in [0.717, 1.165) is 35.4 Å². The summed E-state index contributed by atoms with van der Waals surface area (Å²) in [4.78, 5) is 13.8. The largest absolute Gasteiger partial charge is 0.493 e. The van der Waals surface area contributed by atoms with E-state index in [4.69, 9.17) is 21.1 Å². The Bertz CT molecular complexity index is 1340. The zero-order valence-electron chi connectivity index (χ0n) is 19.0. The van der Waals surface area contributed by atoms with Gasteiger partial charge in [0.2, 0.25) is 0 Å². The van der Waals surface area contributed by atoms with Crippen LogP contribution in [0.5, 0.6) is 17.2 Å². The molecule has 0 spiro atoms. The normalized spacial score (nSPS) is 12.4. The van der Waals surface area contributed by atoms with Crippen molar-refractivity contribution < 1.29 is 14.3 Å². The van der Waals surface area contributed by atoms with Crippen LogP contribution in [-0.4, -0.2) is 29.0 Å². The molecular weight excluding hydrogens is 482 g/mol. The lowest BCUT2D eigenvalue weighted by atomic mass is 10.1. The summed E-state index contributed by atoms with van der Waals surface area (Å²) >= 11 is 8.07. The molecular formula is C27H22ClN3O3S. The number of halogens is 1. The van der Waals surface area contributed by atoms with E-state index >= 15 is 0 Å². The van der Waals surface area contributed by atoms with E-state index in [0.29, 0.717) is 34.5 Å². The Balaban J connectivity index is 1.23. The van der Waals surface area contributed by atoms with E-state index in [1.807, 2.05) is 48.7 Å². The molecule has 1 aliphatic heterocycles. The average Bonchev–Trinajstić information content (AvgIpc) is 2.90. The lowest BCUT2D eigenvalue weighted by Crippen LogP contribution is -2.13. The Kier molecular flexibility index (Phi) is 6.88. The Labute approximate surface area is 212 Å². The van der Waals surface area contributed by atoms with Gasteiger partial charge in [-0.3, -0.25) is 4.79 Å². The number of hydrogen-bond acceptors (Lipinski definition) is 6. The first-order valence-electron chi connectivity index (χ1n) is 11.1. The Morgan fingerprint density at radius 1 is 1.03 bits per heavy atom. The van der Waals surface area contributed by atoms with Gasteiger partial charge in [0.15, 0.2) is 5.82 Å². The van der Waals surface area contributed by atoms with Crippen LogP contribution in [0.15, 0.2) is 77.7 Å². The van der Waals surface area contributed by atoms with Crippen molar-refractivity contribution >= 4 is 35.1 Å². The van der Waals surface area contributed by atoms with E-state index in [1.165, 1.54) is 4.90 Å². The fraction of sp³-hybridized carbons (Fsp3) is 0.148. The Morgan fingerprint density at radius 2 is 1.83 bits per heavy atom. The molecule has 0 aliphatic carbocycles. The molecule has 35 heavy (non-hydrogen) atoms. The summed E-state index contributed by atoms with van der Waals surface area (Å²) in [6.07, 6.45) is 3.96. The molecule has 0 fully saturated rings. The van der Waals surface area contributed by atoms with E-state index in [9.17, 15) is 4.79 Å². The van der Waals surface area contributed by atoms with E-state index in [1.54, 1.807) is 42.1 Å². The lowest BCUT2D eigenvalue weighted by Gasteiger charge is -2.19. The number of anilines is 1. The van der Waals surface area contributed by atoms with Gasteiger partial charge in [0.05, 0.1) is 17.3 Å². The summed E-state index contributed by atoms with van der Waals surface area (Å²) in [7, 11) is 0. The topological polar surface area (TPSA) is 73.3 Å². The first kappa shape index (κ1) is 23.2. The zero-order chi connectivity index (χ0) is 24.2. The molecule has 8 heteroatoms. The van der Waals surface area contributed by atoms with Gasteiger partial charge < -0.3 is 14.8 Å². The van der Waals surface area contributed by atoms with Crippen molar-refractivity contribution in [3.63, 3.8) is 0 Å². The number of rotatable bonds is 6. The Morgan fingerprint density at radius 3 is 2.54 bits per heavy atom. The van der Waals surface area contributed by atoms with Crippen molar-refractivity contribution in [2.75, 3.05) is 18.2 Å². The van der Waals surface area contributed by atoms with Crippen molar-refractivity contribution in [3.8, 4) is 28.5 Å². The smallest absolute Gasteiger partial charge is 0.256 e. The minimum Gasteiger partial charge on any atom is -0.493 e. The maximum Gasteiger partial charge on any atom is 0.256 e. The molecule has 176 valence electrons. The van der Waals surface area contributed by atoms with Crippen LogP contribution in [0.4, 0.5) is 5.82 Å². The van der Waals surface area contributed by atoms with Gasteiger partial charge in [-0.25, -0.2) is 0 Å². The van der Waals surface area contributed by atoms with Crippen molar-refractivity contribution in [2.24, 2.45) is 0 Å². The quantitative estimate of drug-likeness (QED) is 0.289. The number of hydrogen-bond donors (Lipinski definition) is 1. The van der Waals surface area contributed by atoms with Gasteiger partial charge in [-0.1, -0.05) is 23.7 Å². The van der Waals surface area contributed by atoms with Gasteiger partial charge >= 0.3 is 0 Å². The number of nitrogens with zero attached hydrogens (tertiary/aromatic N) is 2. The molecule has 0 atom stereocenters. The van der Waals surface area contributed by atoms with Crippen LogP contribution < -0.4 is 14.8 Å². The number of amides is 1. The van der Waals surface area contributed by atoms with E-state index < -0.39 is 0 Å². The monoisotopic (exact) mass is 503 g/mol. The predicted octanol–water partition coefficient (Wildman–Crippen LogP) is 6.89. The van der Waals surface area contributed by atoms with Crippen LogP contribution in [0.25, 0.3) is 11.3 Å². The molecule has 6 nitrogen and oxygen atoms in total. The van der Waals surface area contributed by atoms with E-state index in [2.05, 4.69) is 15.5 Å². The number of carbonyl (C=O) groups is 1. The molecule has 1 aliphatic rings. The van der Waals surface area contributed by atoms with Crippen LogP contribution in [0.3, 0.4) is 0 Å². The molecule has 4 aromatic rings. The predicted molar refractivity (Wildman–Crippen MR) is 139 cm³/mol. The molecule has 3 aromatic carbocycles. The number of aromatic nitrogens is 2. The summed E-state index contributed by atoms with van der Waals surface area (Å²) in [5.74, 6) is 1.97. The number of nitrogens with one attached hydrogen (secondary N) is 1. The second-order valence-electron chi connectivity index (χ2n) is 7.96. The third-order valence-corrected chi connectivity index (χ3v) is 6.64. The first-order chi connectivity index (χ1) is 17.1. The second-order valence-corrected chi connectivity index (χ2v) is 9.24. The van der Waals surface area contributed by atoms with Gasteiger partial charge in [0.25, 0.3) is 5.91 Å². The molecule has 0 unspecified atom stereocenters. The van der Waals surface area contributed by atoms with Gasteiger partial charge in [0, 0.05) is 22.1 Å². The van der Waals surface area contributed by atoms with Crippen molar-refractivity contribution in [1.82, 2.24) is 10.2 Å². The number of carbonyl (C=O) groups excluding carboxylic acids is 1. The summed E-state index contributed by atoms with van der Waals surface area (Å²) in [6, 6.07) is 22.2. The summed E-state index contributed by atoms with van der Waals surface area (Å²) in [5.41, 5.74) is 3.26. The number of ether oxygens (including phenoxy) is 2. The molecule has 1 amide bonds. The minimum atomic E-state index is -0.289. The minimum absolute atomic E-state index is 0.289. The Hall–Kier alpha value is -3.55. The van der Waals surface area contributed by atoms with Gasteiger partial charge in [0.1, 0.15) is 17.2 Å². The SMILES string of the molecule is CSc1ccc(-c2ccc(NC(=O)c3ccc(Oc4cc5c(cc4Cl)CCCO5)cc3)nn2)cc1. The fourth-order valence-corrected chi connectivity index (χ4v) is 4.37. The molecule has 0 saturated carbocycles. The second kappa shape index (κ2) is 10.4. The van der Waals surface area contributed by atoms with Gasteiger partial charge in [-0.2, -0.15) is 0 Å². The van der Waals surface area contributed by atoms with Crippen LogP contribution in [0.2, 0.25) is 5.02 Å². The summed E-state index contributed by atoms with van der Waals surface area (Å²) in [6.45, 7) is 0.691. The number of aryl methyl sites for hydroxylation is 1. The third-order valence-electron chi connectivity index (χ3n) is 5.60. The number of fused-ring (bicyclic) bond motifs is 1. The fourth-order valence-electron chi connectivity index (χ4n) is 3.73. The number of benzene rings is 3. The van der Waals surface area contributed by atoms with Crippen LogP contribution in [-0.2, 0) is 6.42 Å². The number of thioether (sulfide) groups is 1. The summed E-state index contributed by atoms with van der Waals surface area (Å²) in [5, 5.41) is 11.7. The van der Waals surface area contributed by atoms with Crippen LogP contribution in [0, 0.1) is 0 Å². The van der Waals surface area contributed by atoms with Crippen molar-refractivity contribution in [3.05, 3.63) is 88.9 Å². The summed E-state index contributed by atoms with van der Waals surface area (Å²) < 4.78 is 11.6. The molecule has 1 aromatic heterocycles. The molecule has 5 rings (SSSR count). The van der Waals surface area contributed by atoms with E-state index in [-0.39, 0.29) is 5.91 Å². The zero-order valence-corrected chi connectivity index (χ0v) is 20.5. The molecule has 0 bridgehead atoms. The highest BCUT2D eigenvalue weighted by atomic mass is 35.5. The molecule has 2 heterocycles. The highest BCUT2D eigenvalue weighted by Crippen LogP contribution is 2.37. The molecule has 0 radical (unpaired) electrons. The van der Waals surface area contributed by atoms with Crippen LogP contribution in [0.1, 0.15) is 22.3 Å². The van der Waals surface area contributed by atoms with Crippen molar-refractivity contribution in [1.29, 1.82) is 0 Å². The third kappa shape index (κ3) is 5.42. The maximum absolute atomic E-state index is 12.7. The maximum atomic E-state index is 12.7. The highest BCUT2D eigenvalue weighted by molar-refractivity contribution is 7.98. The van der Waals surface area contributed by atoms with Gasteiger partial charge in [-0.15, -0.1) is 22.0 Å². The van der Waals surface area contributed by atoms with Gasteiger partial charge in [-0.05, 0) is 79.3 Å². The molecule has 0 saturated heterocycles. The lowest BCUT2D eigenvalue weighted by molar-refractivity contribution is 0.102. The molecule has 1 N–H and O–H groups in total. The highest BCUT2D eigenvalue weighted by Gasteiger charge is 2.15. The van der Waals surface area contributed by atoms with Crippen LogP contribution >= 0.6 is 23.4 Å². The average molecular weight is 504 g/mol. The van der Waals surface area contributed by atoms with Crippen molar-refractivity contribution in [2.45, 2.75) is 17.7 Å². The standard InChI is InChI=1S/C27H22ClN3O3S/c1-35-21-10-6-17(7-11-21)23-12-13-26(31-30-23)29-27(32)18-4-8-20(9-5-18)34-25-16-24-19(15-22(25)28)3-2-14-33-24/h4-13,15-16H,2-3,14H2,1H3,(H,29,31,32). The first-order valence-corrected chi connectivity index (χ1v) is 12.7.